The second kappa shape index (κ2) is 7.84. The van der Waals surface area contributed by atoms with Crippen LogP contribution in [-0.4, -0.2) is 90.8 Å². The van der Waals surface area contributed by atoms with Gasteiger partial charge in [0.2, 0.25) is 5.91 Å². The Bertz CT molecular complexity index is 891. The molecule has 3 fully saturated rings. The van der Waals surface area contributed by atoms with E-state index in [2.05, 4.69) is 0 Å². The van der Waals surface area contributed by atoms with Gasteiger partial charge in [-0.15, -0.1) is 0 Å². The Morgan fingerprint density at radius 3 is 2.32 bits per heavy atom. The third-order valence-corrected chi connectivity index (χ3v) is 7.78. The van der Waals surface area contributed by atoms with Gasteiger partial charge in [0.05, 0.1) is 5.41 Å². The van der Waals surface area contributed by atoms with Gasteiger partial charge in [0.25, 0.3) is 5.91 Å². The van der Waals surface area contributed by atoms with Crippen LogP contribution in [0, 0.1) is 17.8 Å². The zero-order valence-electron chi connectivity index (χ0n) is 19.2. The molecule has 31 heavy (non-hydrogen) atoms. The van der Waals surface area contributed by atoms with E-state index in [1.165, 1.54) is 0 Å². The van der Waals surface area contributed by atoms with Crippen molar-refractivity contribution >= 4 is 17.8 Å². The minimum absolute atomic E-state index is 0.0303. The molecule has 1 aromatic rings. The number of carbonyl (C=O) groups is 3. The van der Waals surface area contributed by atoms with Crippen molar-refractivity contribution in [2.75, 3.05) is 53.4 Å². The summed E-state index contributed by atoms with van der Waals surface area (Å²) in [6.07, 6.45) is 2.30. The number of amides is 4. The summed E-state index contributed by atoms with van der Waals surface area (Å²) >= 11 is 0. The quantitative estimate of drug-likeness (QED) is 0.730. The fourth-order valence-electron chi connectivity index (χ4n) is 6.00. The van der Waals surface area contributed by atoms with Crippen LogP contribution in [0.2, 0.25) is 0 Å². The molecule has 3 aliphatic heterocycles. The Labute approximate surface area is 185 Å². The van der Waals surface area contributed by atoms with Crippen molar-refractivity contribution < 1.29 is 14.4 Å². The highest BCUT2D eigenvalue weighted by Crippen LogP contribution is 2.58. The summed E-state index contributed by atoms with van der Waals surface area (Å²) in [4.78, 5) is 46.8. The number of piperidine rings is 1. The van der Waals surface area contributed by atoms with Crippen molar-refractivity contribution in [1.29, 1.82) is 0 Å². The molecule has 1 unspecified atom stereocenters. The lowest BCUT2D eigenvalue weighted by Crippen LogP contribution is -2.53. The summed E-state index contributed by atoms with van der Waals surface area (Å²) in [7, 11) is 3.52. The third kappa shape index (κ3) is 3.38. The maximum Gasteiger partial charge on any atom is 0.319 e. The van der Waals surface area contributed by atoms with E-state index in [9.17, 15) is 14.4 Å². The van der Waals surface area contributed by atoms with E-state index in [0.717, 1.165) is 36.9 Å². The van der Waals surface area contributed by atoms with E-state index in [1.807, 2.05) is 52.8 Å². The highest BCUT2D eigenvalue weighted by Gasteiger charge is 2.66. The van der Waals surface area contributed by atoms with Crippen molar-refractivity contribution in [3.63, 3.8) is 0 Å². The summed E-state index contributed by atoms with van der Waals surface area (Å²) < 4.78 is 0. The molecular formula is C24H34N4O3. The Hall–Kier alpha value is -2.57. The Morgan fingerprint density at radius 1 is 1.03 bits per heavy atom. The third-order valence-electron chi connectivity index (χ3n) is 7.78. The second-order valence-corrected chi connectivity index (χ2v) is 9.69. The number of hydrogen-bond acceptors (Lipinski definition) is 3. The van der Waals surface area contributed by atoms with Crippen LogP contribution in [0.4, 0.5) is 4.79 Å². The number of aryl methyl sites for hydroxylation is 1. The van der Waals surface area contributed by atoms with E-state index in [0.29, 0.717) is 32.7 Å². The van der Waals surface area contributed by atoms with Gasteiger partial charge < -0.3 is 19.6 Å². The van der Waals surface area contributed by atoms with Gasteiger partial charge in [0.1, 0.15) is 0 Å². The number of hydrogen-bond donors (Lipinski definition) is 0. The van der Waals surface area contributed by atoms with Gasteiger partial charge >= 0.3 is 6.03 Å². The summed E-state index contributed by atoms with van der Waals surface area (Å²) in [6, 6.07) is 7.68. The smallest absolute Gasteiger partial charge is 0.319 e. The van der Waals surface area contributed by atoms with Crippen LogP contribution >= 0.6 is 0 Å². The lowest BCUT2D eigenvalue weighted by molar-refractivity contribution is -0.141. The van der Waals surface area contributed by atoms with Gasteiger partial charge in [-0.1, -0.05) is 17.7 Å². The van der Waals surface area contributed by atoms with Gasteiger partial charge in [-0.25, -0.2) is 4.79 Å². The van der Waals surface area contributed by atoms with Crippen LogP contribution in [0.5, 0.6) is 0 Å². The average Bonchev–Trinajstić information content (AvgIpc) is 3.25. The van der Waals surface area contributed by atoms with Crippen molar-refractivity contribution in [3.8, 4) is 0 Å². The summed E-state index contributed by atoms with van der Waals surface area (Å²) in [5.41, 5.74) is 1.01. The molecule has 2 spiro atoms. The van der Waals surface area contributed by atoms with Crippen LogP contribution < -0.4 is 0 Å². The first-order valence-corrected chi connectivity index (χ1v) is 11.3. The normalized spacial score (nSPS) is 25.0. The van der Waals surface area contributed by atoms with Crippen LogP contribution in [0.15, 0.2) is 24.3 Å². The maximum atomic E-state index is 13.5. The molecule has 7 heteroatoms. The van der Waals surface area contributed by atoms with Crippen LogP contribution in [0.25, 0.3) is 0 Å². The monoisotopic (exact) mass is 426 g/mol. The number of urea groups is 1. The minimum Gasteiger partial charge on any atom is -0.342 e. The summed E-state index contributed by atoms with van der Waals surface area (Å²) in [5.74, 6) is 0.252. The fraction of sp³-hybridized carbons (Fsp3) is 0.625. The lowest BCUT2D eigenvalue weighted by Gasteiger charge is -2.46. The molecule has 0 radical (unpaired) electrons. The predicted molar refractivity (Wildman–Crippen MR) is 119 cm³/mol. The first-order chi connectivity index (χ1) is 14.7. The molecule has 168 valence electrons. The number of fused-ring (bicyclic) bond motifs is 1. The van der Waals surface area contributed by atoms with E-state index >= 15 is 0 Å². The highest BCUT2D eigenvalue weighted by atomic mass is 16.2. The molecule has 1 aromatic carbocycles. The van der Waals surface area contributed by atoms with Crippen molar-refractivity contribution in [2.45, 2.75) is 33.1 Å². The van der Waals surface area contributed by atoms with Crippen molar-refractivity contribution in [1.82, 2.24) is 19.6 Å². The second-order valence-electron chi connectivity index (χ2n) is 9.69. The molecule has 0 aromatic heterocycles. The summed E-state index contributed by atoms with van der Waals surface area (Å²) in [6.45, 7) is 7.81. The number of likely N-dealkylation sites (tertiary alicyclic amines) is 3. The van der Waals surface area contributed by atoms with Gasteiger partial charge in [-0.3, -0.25) is 9.59 Å². The molecule has 3 saturated heterocycles. The largest absolute Gasteiger partial charge is 0.342 e. The molecule has 0 aliphatic carbocycles. The van der Waals surface area contributed by atoms with E-state index in [1.54, 1.807) is 19.0 Å². The predicted octanol–water partition coefficient (Wildman–Crippen LogP) is 2.45. The van der Waals surface area contributed by atoms with Crippen LogP contribution in [-0.2, 0) is 4.79 Å². The molecule has 1 atom stereocenters. The number of nitrogens with zero attached hydrogens (tertiary/aromatic N) is 4. The first kappa shape index (κ1) is 21.7. The number of carbonyl (C=O) groups excluding carboxylic acids is 3. The fourth-order valence-corrected chi connectivity index (χ4v) is 6.00. The first-order valence-electron chi connectivity index (χ1n) is 11.3. The average molecular weight is 427 g/mol. The zero-order chi connectivity index (χ0) is 22.4. The molecule has 7 nitrogen and oxygen atoms in total. The SMILES string of the molecule is CCN1CCC2(CN(C(=O)N(C)C)CC23CCN(C(=O)c2cccc(C)c2)CC3)C1=O. The minimum atomic E-state index is -0.521. The van der Waals surface area contributed by atoms with Crippen LogP contribution in [0.3, 0.4) is 0 Å². The summed E-state index contributed by atoms with van der Waals surface area (Å²) in [5, 5.41) is 0. The maximum absolute atomic E-state index is 13.5. The van der Waals surface area contributed by atoms with Crippen molar-refractivity contribution in [3.05, 3.63) is 35.4 Å². The highest BCUT2D eigenvalue weighted by molar-refractivity contribution is 5.94. The van der Waals surface area contributed by atoms with Gasteiger partial charge in [-0.2, -0.15) is 0 Å². The molecule has 3 aliphatic rings. The number of rotatable bonds is 2. The molecule has 0 N–H and O–H groups in total. The molecule has 0 saturated carbocycles. The Balaban J connectivity index is 1.58. The van der Waals surface area contributed by atoms with Gasteiger partial charge in [0, 0.05) is 64.3 Å². The standard InChI is InChI=1S/C24H34N4O3/c1-5-26-14-11-24(21(26)30)17-28(22(31)25(3)4)16-23(24)9-12-27(13-10-23)20(29)19-8-6-7-18(2)15-19/h6-8,15H,5,9-14,16-17H2,1-4H3. The van der Waals surface area contributed by atoms with E-state index in [-0.39, 0.29) is 23.3 Å². The Kier molecular flexibility index (Phi) is 5.48. The van der Waals surface area contributed by atoms with E-state index in [4.69, 9.17) is 0 Å². The lowest BCUT2D eigenvalue weighted by atomic mass is 9.60. The van der Waals surface area contributed by atoms with Gasteiger partial charge in [0.15, 0.2) is 0 Å². The zero-order valence-corrected chi connectivity index (χ0v) is 19.2. The van der Waals surface area contributed by atoms with Gasteiger partial charge in [-0.05, 0) is 45.2 Å². The molecule has 4 amide bonds. The van der Waals surface area contributed by atoms with E-state index < -0.39 is 5.41 Å². The number of benzene rings is 1. The molecule has 3 heterocycles. The topological polar surface area (TPSA) is 64.2 Å². The van der Waals surface area contributed by atoms with Crippen molar-refractivity contribution in [2.24, 2.45) is 10.8 Å². The molecule has 4 rings (SSSR count). The van der Waals surface area contributed by atoms with Crippen LogP contribution in [0.1, 0.15) is 42.1 Å². The Morgan fingerprint density at radius 2 is 1.74 bits per heavy atom. The molecule has 0 bridgehead atoms. The molecular weight excluding hydrogens is 392 g/mol.